The molecule has 4 unspecified atom stereocenters. The summed E-state index contributed by atoms with van der Waals surface area (Å²) in [4.78, 5) is 37.3. The Labute approximate surface area is 169 Å². The number of rotatable bonds is 8. The third kappa shape index (κ3) is 6.79. The molecule has 0 spiro atoms. The molecule has 1 aliphatic heterocycles. The second-order valence-electron chi connectivity index (χ2n) is 7.66. The monoisotopic (exact) mass is 433 g/mol. The lowest BCUT2D eigenvalue weighted by molar-refractivity contribution is -0.117. The van der Waals surface area contributed by atoms with Crippen LogP contribution >= 0.6 is 20.4 Å². The van der Waals surface area contributed by atoms with Crippen molar-refractivity contribution in [2.45, 2.75) is 46.4 Å². The van der Waals surface area contributed by atoms with Gasteiger partial charge < -0.3 is 24.4 Å². The van der Waals surface area contributed by atoms with Gasteiger partial charge in [0, 0.05) is 23.3 Å². The number of carbonyl (C=O) groups is 1. The predicted molar refractivity (Wildman–Crippen MR) is 109 cm³/mol. The number of nitrogens with zero attached hydrogens (tertiary/aromatic N) is 2. The minimum Gasteiger partial charge on any atom is -0.383 e. The minimum absolute atomic E-state index is 0.0716. The molecule has 1 aromatic heterocycles. The molecule has 1 fully saturated rings. The third-order valence-electron chi connectivity index (χ3n) is 4.08. The molecule has 3 N–H and O–H groups in total. The highest BCUT2D eigenvalue weighted by Crippen LogP contribution is 2.38. The summed E-state index contributed by atoms with van der Waals surface area (Å²) >= 11 is 1.18. The molecule has 1 aliphatic rings. The number of aromatic nitrogens is 2. The molecule has 0 saturated carbocycles. The number of anilines is 1. The highest BCUT2D eigenvalue weighted by Gasteiger charge is 2.34. The first-order valence-electron chi connectivity index (χ1n) is 9.00. The lowest BCUT2D eigenvalue weighted by Crippen LogP contribution is -2.29. The molecule has 9 nitrogen and oxygen atoms in total. The smallest absolute Gasteiger partial charge is 0.351 e. The molecule has 158 valence electrons. The average Bonchev–Trinajstić information content (AvgIpc) is 2.96. The maximum atomic E-state index is 12.0. The third-order valence-corrected chi connectivity index (χ3v) is 6.10. The summed E-state index contributed by atoms with van der Waals surface area (Å²) in [5.74, 6) is 0.685. The van der Waals surface area contributed by atoms with Crippen LogP contribution in [0.3, 0.4) is 0 Å². The van der Waals surface area contributed by atoms with Crippen LogP contribution in [0.5, 0.6) is 0 Å². The van der Waals surface area contributed by atoms with E-state index in [2.05, 4.69) is 4.98 Å². The van der Waals surface area contributed by atoms with E-state index in [1.807, 2.05) is 27.7 Å². The normalized spacial score (nSPS) is 23.7. The summed E-state index contributed by atoms with van der Waals surface area (Å²) < 4.78 is 17.8. The summed E-state index contributed by atoms with van der Waals surface area (Å²) in [6, 6.07) is 1.55. The van der Waals surface area contributed by atoms with Gasteiger partial charge in [0.25, 0.3) is 0 Å². The molecule has 0 amide bonds. The lowest BCUT2D eigenvalue weighted by Gasteiger charge is -2.18. The summed E-state index contributed by atoms with van der Waals surface area (Å²) in [6.45, 7) is 7.90. The zero-order valence-corrected chi connectivity index (χ0v) is 18.2. The maximum Gasteiger partial charge on any atom is 0.351 e. The van der Waals surface area contributed by atoms with E-state index in [1.54, 1.807) is 12.3 Å². The van der Waals surface area contributed by atoms with Crippen LogP contribution in [-0.2, 0) is 18.6 Å². The van der Waals surface area contributed by atoms with Gasteiger partial charge in [0.15, 0.2) is 5.12 Å². The van der Waals surface area contributed by atoms with Crippen molar-refractivity contribution < 1.29 is 23.5 Å². The molecule has 2 heterocycles. The standard InChI is InChI=1S/C17H28N3O6PS/c1-11-9-12(26-14(11)20-6-5-13(18)19-16(20)22)10-25-27(23)24-7-8-28-15(21)17(2,3)4/h5-6,11-12,14,23H,7-10H2,1-4H3,(H2,18,19,22). The Morgan fingerprint density at radius 1 is 1.50 bits per heavy atom. The van der Waals surface area contributed by atoms with Crippen molar-refractivity contribution in [3.63, 3.8) is 0 Å². The molecule has 11 heteroatoms. The molecule has 0 aromatic carbocycles. The summed E-state index contributed by atoms with van der Waals surface area (Å²) in [6.07, 6.45) is 1.50. The van der Waals surface area contributed by atoms with Crippen molar-refractivity contribution in [1.29, 1.82) is 0 Å². The average molecular weight is 433 g/mol. The largest absolute Gasteiger partial charge is 0.383 e. The van der Waals surface area contributed by atoms with Gasteiger partial charge in [-0.1, -0.05) is 39.5 Å². The van der Waals surface area contributed by atoms with Crippen LogP contribution in [0.4, 0.5) is 5.82 Å². The maximum absolute atomic E-state index is 12.0. The van der Waals surface area contributed by atoms with E-state index in [0.29, 0.717) is 12.2 Å². The predicted octanol–water partition coefficient (Wildman–Crippen LogP) is 2.31. The van der Waals surface area contributed by atoms with Gasteiger partial charge in [-0.15, -0.1) is 0 Å². The Morgan fingerprint density at radius 2 is 2.21 bits per heavy atom. The van der Waals surface area contributed by atoms with Crippen molar-refractivity contribution in [2.24, 2.45) is 11.3 Å². The fourth-order valence-corrected chi connectivity index (χ4v) is 4.16. The van der Waals surface area contributed by atoms with Crippen LogP contribution in [0.2, 0.25) is 0 Å². The van der Waals surface area contributed by atoms with Gasteiger partial charge in [-0.05, 0) is 12.5 Å². The minimum atomic E-state index is -2.05. The van der Waals surface area contributed by atoms with Crippen molar-refractivity contribution in [3.05, 3.63) is 22.7 Å². The van der Waals surface area contributed by atoms with E-state index in [-0.39, 0.29) is 36.2 Å². The molecule has 4 atom stereocenters. The molecular weight excluding hydrogens is 405 g/mol. The molecule has 0 bridgehead atoms. The summed E-state index contributed by atoms with van der Waals surface area (Å²) in [7, 11) is -2.05. The van der Waals surface area contributed by atoms with Crippen LogP contribution in [0.25, 0.3) is 0 Å². The van der Waals surface area contributed by atoms with Crippen molar-refractivity contribution in [1.82, 2.24) is 9.55 Å². The van der Waals surface area contributed by atoms with Crippen LogP contribution in [0, 0.1) is 11.3 Å². The lowest BCUT2D eigenvalue weighted by atomic mass is 10.00. The van der Waals surface area contributed by atoms with Crippen LogP contribution in [0.1, 0.15) is 40.3 Å². The summed E-state index contributed by atoms with van der Waals surface area (Å²) in [5, 5.41) is 0.0751. The Balaban J connectivity index is 1.72. The molecule has 2 rings (SSSR count). The van der Waals surface area contributed by atoms with Gasteiger partial charge in [-0.25, -0.2) is 4.79 Å². The Morgan fingerprint density at radius 3 is 2.86 bits per heavy atom. The van der Waals surface area contributed by atoms with Crippen molar-refractivity contribution in [3.8, 4) is 0 Å². The van der Waals surface area contributed by atoms with Crippen LogP contribution in [0.15, 0.2) is 17.1 Å². The van der Waals surface area contributed by atoms with Gasteiger partial charge in [0.05, 0.1) is 19.3 Å². The highest BCUT2D eigenvalue weighted by molar-refractivity contribution is 8.13. The SMILES string of the molecule is CC1CC(COP(O)OCCSC(=O)C(C)(C)C)OC1n1ccc(N)nc1=O. The van der Waals surface area contributed by atoms with Gasteiger partial charge in [0.1, 0.15) is 12.0 Å². The van der Waals surface area contributed by atoms with Crippen molar-refractivity contribution >= 4 is 31.3 Å². The molecule has 1 aromatic rings. The van der Waals surface area contributed by atoms with E-state index in [9.17, 15) is 14.5 Å². The van der Waals surface area contributed by atoms with Crippen LogP contribution < -0.4 is 11.4 Å². The van der Waals surface area contributed by atoms with E-state index >= 15 is 0 Å². The first-order chi connectivity index (χ1) is 13.1. The van der Waals surface area contributed by atoms with E-state index in [4.69, 9.17) is 19.5 Å². The van der Waals surface area contributed by atoms with Gasteiger partial charge in [-0.3, -0.25) is 9.36 Å². The number of nitrogens with two attached hydrogens (primary N) is 1. The number of hydrogen-bond donors (Lipinski definition) is 2. The fourth-order valence-electron chi connectivity index (χ4n) is 2.63. The molecule has 28 heavy (non-hydrogen) atoms. The number of nitrogen functional groups attached to an aromatic ring is 1. The highest BCUT2D eigenvalue weighted by atomic mass is 32.2. The van der Waals surface area contributed by atoms with E-state index in [1.165, 1.54) is 16.3 Å². The van der Waals surface area contributed by atoms with E-state index < -0.39 is 25.9 Å². The van der Waals surface area contributed by atoms with Crippen molar-refractivity contribution in [2.75, 3.05) is 24.7 Å². The van der Waals surface area contributed by atoms with E-state index in [0.717, 1.165) is 0 Å². The second kappa shape index (κ2) is 10.1. The van der Waals surface area contributed by atoms with Gasteiger partial charge in [-0.2, -0.15) is 4.98 Å². The molecule has 0 aliphatic carbocycles. The Kier molecular flexibility index (Phi) is 8.42. The first kappa shape index (κ1) is 23.3. The molecule has 0 radical (unpaired) electrons. The zero-order chi connectivity index (χ0) is 20.9. The Hall–Kier alpha value is -1.03. The van der Waals surface area contributed by atoms with Crippen LogP contribution in [-0.4, -0.2) is 44.6 Å². The number of carbonyl (C=O) groups excluding carboxylic acids is 1. The zero-order valence-electron chi connectivity index (χ0n) is 16.5. The summed E-state index contributed by atoms with van der Waals surface area (Å²) in [5.41, 5.74) is 4.64. The molecule has 1 saturated heterocycles. The molecular formula is C17H28N3O6PS. The van der Waals surface area contributed by atoms with Gasteiger partial charge in [0.2, 0.25) is 0 Å². The Bertz CT molecular complexity index is 726. The first-order valence-corrected chi connectivity index (χ1v) is 11.1. The second-order valence-corrected chi connectivity index (χ2v) is 9.72. The quantitative estimate of drug-likeness (QED) is 0.469. The topological polar surface area (TPSA) is 126 Å². The number of ether oxygens (including phenoxy) is 1. The fraction of sp³-hybridized carbons (Fsp3) is 0.706. The van der Waals surface area contributed by atoms with Gasteiger partial charge >= 0.3 is 14.3 Å². The number of hydrogen-bond acceptors (Lipinski definition) is 9. The number of thioether (sulfide) groups is 1.